The third-order valence-corrected chi connectivity index (χ3v) is 2.15. The van der Waals surface area contributed by atoms with Crippen molar-refractivity contribution in [2.75, 3.05) is 0 Å². The van der Waals surface area contributed by atoms with Crippen LogP contribution in [-0.4, -0.2) is 4.69 Å². The molecule has 1 aromatic rings. The van der Waals surface area contributed by atoms with Crippen LogP contribution in [0.5, 0.6) is 0 Å². The topological polar surface area (TPSA) is 17.1 Å². The number of aryl methyl sites for hydroxylation is 1. The van der Waals surface area contributed by atoms with E-state index in [2.05, 4.69) is 22.9 Å². The molecule has 1 aromatic carbocycles. The minimum atomic E-state index is -0.0412. The monoisotopic (exact) mass is 226 g/mol. The quantitative estimate of drug-likeness (QED) is 0.725. The van der Waals surface area contributed by atoms with Crippen LogP contribution >= 0.6 is 15.9 Å². The summed E-state index contributed by atoms with van der Waals surface area (Å²) < 4.78 is -0.0412. The third-order valence-electron chi connectivity index (χ3n) is 1.69. The molecule has 12 heavy (non-hydrogen) atoms. The smallest absolute Gasteiger partial charge is 0.228 e. The first-order valence-electron chi connectivity index (χ1n) is 4.03. The molecule has 0 spiro atoms. The Morgan fingerprint density at radius 1 is 1.50 bits per heavy atom. The lowest BCUT2D eigenvalue weighted by molar-refractivity contribution is 0.109. The molecule has 0 aliphatic carbocycles. The van der Waals surface area contributed by atoms with Crippen molar-refractivity contribution in [2.24, 2.45) is 0 Å². The Bertz CT molecular complexity index is 281. The first-order valence-corrected chi connectivity index (χ1v) is 4.82. The Hall–Kier alpha value is -0.630. The molecule has 0 heterocycles. The summed E-state index contributed by atoms with van der Waals surface area (Å²) in [5, 5.41) is 0. The maximum atomic E-state index is 10.9. The molecule has 0 aromatic heterocycles. The van der Waals surface area contributed by atoms with Gasteiger partial charge in [0.1, 0.15) is 0 Å². The van der Waals surface area contributed by atoms with E-state index >= 15 is 0 Å². The molecule has 1 nitrogen and oxygen atoms in total. The highest BCUT2D eigenvalue weighted by Crippen LogP contribution is 2.10. The summed E-state index contributed by atoms with van der Waals surface area (Å²) in [5.41, 5.74) is 1.96. The molecule has 0 amide bonds. The molecule has 0 radical (unpaired) electrons. The van der Waals surface area contributed by atoms with Gasteiger partial charge in [0.2, 0.25) is 4.69 Å². The molecule has 0 aliphatic rings. The van der Waals surface area contributed by atoms with E-state index in [1.165, 1.54) is 5.56 Å². The van der Waals surface area contributed by atoms with E-state index in [4.69, 9.17) is 0 Å². The molecular formula is C10H11BrO. The average molecular weight is 227 g/mol. The minimum absolute atomic E-state index is 0.0412. The van der Waals surface area contributed by atoms with E-state index in [0.29, 0.717) is 0 Å². The van der Waals surface area contributed by atoms with Crippen molar-refractivity contribution in [3.8, 4) is 0 Å². The highest BCUT2D eigenvalue weighted by Gasteiger charge is 2.00. The zero-order chi connectivity index (χ0) is 8.97. The Balaban J connectivity index is 2.88. The van der Waals surface area contributed by atoms with Gasteiger partial charge in [-0.05, 0) is 34.0 Å². The Morgan fingerprint density at radius 3 is 2.83 bits per heavy atom. The van der Waals surface area contributed by atoms with Crippen LogP contribution in [0.15, 0.2) is 24.3 Å². The highest BCUT2D eigenvalue weighted by atomic mass is 79.9. The highest BCUT2D eigenvalue weighted by molar-refractivity contribution is 9.18. The van der Waals surface area contributed by atoms with Gasteiger partial charge in [0.25, 0.3) is 0 Å². The molecule has 0 bridgehead atoms. The third kappa shape index (κ3) is 2.45. The SMILES string of the molecule is CCCc1cccc(C(=O)Br)c1. The number of hydrogen-bond donors (Lipinski definition) is 0. The summed E-state index contributed by atoms with van der Waals surface area (Å²) in [7, 11) is 0. The maximum Gasteiger partial charge on any atom is 0.228 e. The summed E-state index contributed by atoms with van der Waals surface area (Å²) in [6.07, 6.45) is 2.15. The fourth-order valence-electron chi connectivity index (χ4n) is 1.14. The van der Waals surface area contributed by atoms with Crippen molar-refractivity contribution in [2.45, 2.75) is 19.8 Å². The Kier molecular flexibility index (Phi) is 3.48. The van der Waals surface area contributed by atoms with Gasteiger partial charge in [0.15, 0.2) is 0 Å². The van der Waals surface area contributed by atoms with Crippen molar-refractivity contribution in [3.63, 3.8) is 0 Å². The summed E-state index contributed by atoms with van der Waals surface area (Å²) in [5.74, 6) is 0. The second-order valence-electron chi connectivity index (χ2n) is 2.72. The van der Waals surface area contributed by atoms with Crippen LogP contribution in [0.3, 0.4) is 0 Å². The first kappa shape index (κ1) is 9.46. The van der Waals surface area contributed by atoms with Gasteiger partial charge in [-0.1, -0.05) is 31.5 Å². The number of carbonyl (C=O) groups is 1. The van der Waals surface area contributed by atoms with Gasteiger partial charge in [-0.3, -0.25) is 4.79 Å². The van der Waals surface area contributed by atoms with Crippen molar-refractivity contribution in [3.05, 3.63) is 35.4 Å². The predicted octanol–water partition coefficient (Wildman–Crippen LogP) is 3.17. The molecule has 0 saturated carbocycles. The van der Waals surface area contributed by atoms with Crippen molar-refractivity contribution >= 4 is 20.6 Å². The van der Waals surface area contributed by atoms with Crippen LogP contribution in [0.25, 0.3) is 0 Å². The van der Waals surface area contributed by atoms with Crippen LogP contribution in [-0.2, 0) is 6.42 Å². The number of carbonyl (C=O) groups excluding carboxylic acids is 1. The molecule has 1 rings (SSSR count). The molecule has 0 aliphatic heterocycles. The fourth-order valence-corrected chi connectivity index (χ4v) is 1.38. The molecule has 0 atom stereocenters. The average Bonchev–Trinajstić information content (AvgIpc) is 2.05. The molecule has 0 unspecified atom stereocenters. The van der Waals surface area contributed by atoms with E-state index in [0.717, 1.165) is 18.4 Å². The van der Waals surface area contributed by atoms with E-state index < -0.39 is 0 Å². The molecular weight excluding hydrogens is 216 g/mol. The molecule has 64 valence electrons. The van der Waals surface area contributed by atoms with Crippen LogP contribution in [0.2, 0.25) is 0 Å². The van der Waals surface area contributed by atoms with Crippen LogP contribution in [0.4, 0.5) is 0 Å². The molecule has 0 fully saturated rings. The predicted molar refractivity (Wildman–Crippen MR) is 53.7 cm³/mol. The van der Waals surface area contributed by atoms with E-state index in [-0.39, 0.29) is 4.69 Å². The van der Waals surface area contributed by atoms with Gasteiger partial charge in [-0.25, -0.2) is 0 Å². The first-order chi connectivity index (χ1) is 5.74. The lowest BCUT2D eigenvalue weighted by atomic mass is 10.1. The second-order valence-corrected chi connectivity index (χ2v) is 3.44. The van der Waals surface area contributed by atoms with Gasteiger partial charge in [-0.2, -0.15) is 0 Å². The second kappa shape index (κ2) is 4.41. The van der Waals surface area contributed by atoms with Crippen LogP contribution < -0.4 is 0 Å². The molecule has 0 N–H and O–H groups in total. The zero-order valence-corrected chi connectivity index (χ0v) is 8.60. The van der Waals surface area contributed by atoms with Gasteiger partial charge in [-0.15, -0.1) is 0 Å². The maximum absolute atomic E-state index is 10.9. The summed E-state index contributed by atoms with van der Waals surface area (Å²) in [6, 6.07) is 7.71. The fraction of sp³-hybridized carbons (Fsp3) is 0.300. The van der Waals surface area contributed by atoms with Crippen LogP contribution in [0, 0.1) is 0 Å². The Labute approximate surface area is 80.9 Å². The van der Waals surface area contributed by atoms with E-state index in [1.54, 1.807) is 0 Å². The van der Waals surface area contributed by atoms with Gasteiger partial charge in [0, 0.05) is 5.56 Å². The van der Waals surface area contributed by atoms with Crippen molar-refractivity contribution in [1.82, 2.24) is 0 Å². The minimum Gasteiger partial charge on any atom is -0.281 e. The van der Waals surface area contributed by atoms with Crippen LogP contribution in [0.1, 0.15) is 29.3 Å². The standard InChI is InChI=1S/C10H11BrO/c1-2-4-8-5-3-6-9(7-8)10(11)12/h3,5-7H,2,4H2,1H3. The van der Waals surface area contributed by atoms with E-state index in [1.807, 2.05) is 24.3 Å². The van der Waals surface area contributed by atoms with Crippen molar-refractivity contribution < 1.29 is 4.79 Å². The Morgan fingerprint density at radius 2 is 2.25 bits per heavy atom. The van der Waals surface area contributed by atoms with Gasteiger partial charge in [0.05, 0.1) is 0 Å². The number of halogens is 1. The number of benzene rings is 1. The largest absolute Gasteiger partial charge is 0.281 e. The summed E-state index contributed by atoms with van der Waals surface area (Å²) in [6.45, 7) is 2.13. The normalized spacial score (nSPS) is 9.83. The summed E-state index contributed by atoms with van der Waals surface area (Å²) >= 11 is 2.93. The summed E-state index contributed by atoms with van der Waals surface area (Å²) in [4.78, 5) is 10.9. The zero-order valence-electron chi connectivity index (χ0n) is 7.01. The molecule has 2 heteroatoms. The molecule has 0 saturated heterocycles. The van der Waals surface area contributed by atoms with E-state index in [9.17, 15) is 4.79 Å². The van der Waals surface area contributed by atoms with Crippen molar-refractivity contribution in [1.29, 1.82) is 0 Å². The number of rotatable bonds is 3. The van der Waals surface area contributed by atoms with Gasteiger partial charge >= 0.3 is 0 Å². The van der Waals surface area contributed by atoms with Gasteiger partial charge < -0.3 is 0 Å². The lowest BCUT2D eigenvalue weighted by Crippen LogP contribution is -1.90. The lowest BCUT2D eigenvalue weighted by Gasteiger charge is -1.99. The number of hydrogen-bond acceptors (Lipinski definition) is 1.